The van der Waals surface area contributed by atoms with Gasteiger partial charge in [0.15, 0.2) is 11.5 Å². The maximum atomic E-state index is 12.1. The van der Waals surface area contributed by atoms with Gasteiger partial charge in [0.2, 0.25) is 5.91 Å². The zero-order valence-corrected chi connectivity index (χ0v) is 20.9. The van der Waals surface area contributed by atoms with Crippen LogP contribution in [0.5, 0.6) is 11.5 Å². The summed E-state index contributed by atoms with van der Waals surface area (Å²) in [4.78, 5) is 18.8. The molecule has 0 saturated carbocycles. The lowest BCUT2D eigenvalue weighted by Gasteiger charge is -2.17. The van der Waals surface area contributed by atoms with Crippen molar-refractivity contribution in [3.05, 3.63) is 84.1 Å². The first-order chi connectivity index (χ1) is 17.1. The lowest BCUT2D eigenvalue weighted by Crippen LogP contribution is -2.28. The summed E-state index contributed by atoms with van der Waals surface area (Å²) in [5.41, 5.74) is 4.30. The number of carbonyl (C=O) groups excluding carboxylic acids is 1. The Balaban J connectivity index is 1.30. The quantitative estimate of drug-likeness (QED) is 0.360. The molecule has 1 aromatic heterocycles. The predicted octanol–water partition coefficient (Wildman–Crippen LogP) is 4.85. The van der Waals surface area contributed by atoms with Gasteiger partial charge < -0.3 is 19.7 Å². The number of rotatable bonds is 13. The zero-order chi connectivity index (χ0) is 24.9. The first kappa shape index (κ1) is 26.0. The van der Waals surface area contributed by atoms with Crippen LogP contribution in [-0.4, -0.2) is 56.7 Å². The number of hydrogen-bond donors (Lipinski definition) is 1. The molecule has 3 aromatic rings. The number of aromatic nitrogens is 1. The van der Waals surface area contributed by atoms with Crippen molar-refractivity contribution in [1.29, 1.82) is 0 Å². The molecule has 2 aromatic carbocycles. The van der Waals surface area contributed by atoms with E-state index in [-0.39, 0.29) is 5.91 Å². The highest BCUT2D eigenvalue weighted by atomic mass is 16.5. The van der Waals surface area contributed by atoms with E-state index in [1.165, 1.54) is 5.56 Å². The lowest BCUT2D eigenvalue weighted by molar-refractivity contribution is -0.120. The topological polar surface area (TPSA) is 63.7 Å². The SMILES string of the molecule is COc1ccc(CCN(C)CCCNC(=O)C/C=C/c2ccc(-c3ccccn3)cc2)cc1OC. The number of nitrogens with one attached hydrogen (secondary N) is 1. The van der Waals surface area contributed by atoms with Crippen molar-refractivity contribution in [2.75, 3.05) is 40.9 Å². The van der Waals surface area contributed by atoms with Gasteiger partial charge in [-0.15, -0.1) is 0 Å². The van der Waals surface area contributed by atoms with Gasteiger partial charge in [-0.3, -0.25) is 9.78 Å². The van der Waals surface area contributed by atoms with Crippen LogP contribution in [0.25, 0.3) is 17.3 Å². The average molecular weight is 474 g/mol. The van der Waals surface area contributed by atoms with Gasteiger partial charge in [-0.05, 0) is 61.8 Å². The van der Waals surface area contributed by atoms with E-state index < -0.39 is 0 Å². The number of ether oxygens (including phenoxy) is 2. The number of benzene rings is 2. The minimum Gasteiger partial charge on any atom is -0.493 e. The molecule has 0 unspecified atom stereocenters. The van der Waals surface area contributed by atoms with Gasteiger partial charge in [0.05, 0.1) is 19.9 Å². The van der Waals surface area contributed by atoms with Gasteiger partial charge in [-0.2, -0.15) is 0 Å². The molecule has 0 radical (unpaired) electrons. The number of nitrogens with zero attached hydrogens (tertiary/aromatic N) is 2. The van der Waals surface area contributed by atoms with Gasteiger partial charge in [0, 0.05) is 31.3 Å². The molecule has 0 spiro atoms. The second kappa shape index (κ2) is 13.9. The molecule has 0 bridgehead atoms. The minimum atomic E-state index is 0.0411. The van der Waals surface area contributed by atoms with Crippen LogP contribution in [0.1, 0.15) is 24.0 Å². The number of likely N-dealkylation sites (N-methyl/N-ethyl adjacent to an activating group) is 1. The Labute approximate surface area is 208 Å². The van der Waals surface area contributed by atoms with E-state index in [1.807, 2.05) is 66.7 Å². The maximum Gasteiger partial charge on any atom is 0.223 e. The Kier molecular flexibility index (Phi) is 10.3. The molecule has 0 saturated heterocycles. The van der Waals surface area contributed by atoms with Crippen molar-refractivity contribution >= 4 is 12.0 Å². The van der Waals surface area contributed by atoms with Crippen LogP contribution in [0.2, 0.25) is 0 Å². The molecule has 1 amide bonds. The second-order valence-electron chi connectivity index (χ2n) is 8.39. The molecule has 0 atom stereocenters. The Morgan fingerprint density at radius 2 is 1.80 bits per heavy atom. The third kappa shape index (κ3) is 8.58. The van der Waals surface area contributed by atoms with E-state index in [9.17, 15) is 4.79 Å². The Bertz CT molecular complexity index is 1080. The minimum absolute atomic E-state index is 0.0411. The number of methoxy groups -OCH3 is 2. The highest BCUT2D eigenvalue weighted by Crippen LogP contribution is 2.27. The van der Waals surface area contributed by atoms with Crippen molar-refractivity contribution in [3.63, 3.8) is 0 Å². The molecule has 0 aliphatic rings. The number of carbonyl (C=O) groups is 1. The van der Waals surface area contributed by atoms with Gasteiger partial charge in [-0.1, -0.05) is 48.6 Å². The van der Waals surface area contributed by atoms with Crippen molar-refractivity contribution in [1.82, 2.24) is 15.2 Å². The fourth-order valence-corrected chi connectivity index (χ4v) is 3.72. The smallest absolute Gasteiger partial charge is 0.223 e. The summed E-state index contributed by atoms with van der Waals surface area (Å²) in [6.45, 7) is 2.53. The number of pyridine rings is 1. The van der Waals surface area contributed by atoms with E-state index >= 15 is 0 Å². The van der Waals surface area contributed by atoms with Crippen LogP contribution in [0.15, 0.2) is 72.9 Å². The number of hydrogen-bond acceptors (Lipinski definition) is 5. The fourth-order valence-electron chi connectivity index (χ4n) is 3.72. The monoisotopic (exact) mass is 473 g/mol. The zero-order valence-electron chi connectivity index (χ0n) is 20.9. The first-order valence-corrected chi connectivity index (χ1v) is 11.9. The Hall–Kier alpha value is -3.64. The van der Waals surface area contributed by atoms with Crippen LogP contribution >= 0.6 is 0 Å². The molecule has 0 aliphatic heterocycles. The molecule has 3 rings (SSSR count). The fraction of sp³-hybridized carbons (Fsp3) is 0.310. The van der Waals surface area contributed by atoms with Crippen molar-refractivity contribution < 1.29 is 14.3 Å². The summed E-state index contributed by atoms with van der Waals surface area (Å²) in [5.74, 6) is 1.54. The average Bonchev–Trinajstić information content (AvgIpc) is 2.90. The molecule has 6 heteroatoms. The van der Waals surface area contributed by atoms with Crippen LogP contribution in [0, 0.1) is 0 Å². The molecule has 1 heterocycles. The van der Waals surface area contributed by atoms with E-state index in [0.717, 1.165) is 54.3 Å². The van der Waals surface area contributed by atoms with Gasteiger partial charge in [-0.25, -0.2) is 0 Å². The summed E-state index contributed by atoms with van der Waals surface area (Å²) in [7, 11) is 5.40. The summed E-state index contributed by atoms with van der Waals surface area (Å²) in [6, 6.07) is 20.1. The van der Waals surface area contributed by atoms with Crippen LogP contribution in [-0.2, 0) is 11.2 Å². The molecule has 0 aliphatic carbocycles. The Morgan fingerprint density at radius 1 is 1.00 bits per heavy atom. The highest BCUT2D eigenvalue weighted by molar-refractivity contribution is 5.78. The normalized spacial score (nSPS) is 11.1. The van der Waals surface area contributed by atoms with Crippen molar-refractivity contribution in [3.8, 4) is 22.8 Å². The summed E-state index contributed by atoms with van der Waals surface area (Å²) in [5, 5.41) is 3.00. The van der Waals surface area contributed by atoms with Gasteiger partial charge >= 0.3 is 0 Å². The standard InChI is InChI=1S/C29H35N3O3/c1-32(21-17-24-13-16-27(34-2)28(22-24)35-3)20-7-19-31-29(33)10-6-8-23-11-14-25(15-12-23)26-9-4-5-18-30-26/h4-6,8-9,11-16,18,22H,7,10,17,19-21H2,1-3H3,(H,31,33)/b8-6+. The second-order valence-corrected chi connectivity index (χ2v) is 8.39. The van der Waals surface area contributed by atoms with E-state index in [2.05, 4.69) is 28.3 Å². The molecule has 1 N–H and O–H groups in total. The van der Waals surface area contributed by atoms with Crippen molar-refractivity contribution in [2.24, 2.45) is 0 Å². The largest absolute Gasteiger partial charge is 0.493 e. The molecule has 6 nitrogen and oxygen atoms in total. The van der Waals surface area contributed by atoms with E-state index in [4.69, 9.17) is 9.47 Å². The third-order valence-electron chi connectivity index (χ3n) is 5.75. The molecule has 0 fully saturated rings. The predicted molar refractivity (Wildman–Crippen MR) is 142 cm³/mol. The molecular formula is C29H35N3O3. The van der Waals surface area contributed by atoms with Crippen LogP contribution < -0.4 is 14.8 Å². The molecular weight excluding hydrogens is 438 g/mol. The maximum absolute atomic E-state index is 12.1. The summed E-state index contributed by atoms with van der Waals surface area (Å²) in [6.07, 6.45) is 7.88. The Morgan fingerprint density at radius 3 is 2.51 bits per heavy atom. The molecule has 184 valence electrons. The summed E-state index contributed by atoms with van der Waals surface area (Å²) >= 11 is 0. The summed E-state index contributed by atoms with van der Waals surface area (Å²) < 4.78 is 10.7. The molecule has 35 heavy (non-hydrogen) atoms. The van der Waals surface area contributed by atoms with E-state index in [1.54, 1.807) is 20.4 Å². The number of amides is 1. The highest BCUT2D eigenvalue weighted by Gasteiger charge is 2.06. The van der Waals surface area contributed by atoms with E-state index in [0.29, 0.717) is 13.0 Å². The van der Waals surface area contributed by atoms with Crippen molar-refractivity contribution in [2.45, 2.75) is 19.3 Å². The third-order valence-corrected chi connectivity index (χ3v) is 5.75. The van der Waals surface area contributed by atoms with Crippen LogP contribution in [0.3, 0.4) is 0 Å². The first-order valence-electron chi connectivity index (χ1n) is 11.9. The van der Waals surface area contributed by atoms with Crippen LogP contribution in [0.4, 0.5) is 0 Å². The van der Waals surface area contributed by atoms with Gasteiger partial charge in [0.1, 0.15) is 0 Å². The lowest BCUT2D eigenvalue weighted by atomic mass is 10.1. The van der Waals surface area contributed by atoms with Gasteiger partial charge in [0.25, 0.3) is 0 Å².